The summed E-state index contributed by atoms with van der Waals surface area (Å²) in [6, 6.07) is 0. The zero-order valence-corrected chi connectivity index (χ0v) is 12.0. The van der Waals surface area contributed by atoms with Crippen LogP contribution in [0.25, 0.3) is 0 Å². The van der Waals surface area contributed by atoms with Gasteiger partial charge in [0.2, 0.25) is 5.16 Å². The van der Waals surface area contributed by atoms with Gasteiger partial charge in [0, 0.05) is 18.9 Å². The van der Waals surface area contributed by atoms with Gasteiger partial charge in [-0.1, -0.05) is 18.7 Å². The van der Waals surface area contributed by atoms with Crippen molar-refractivity contribution in [3.63, 3.8) is 0 Å². The predicted octanol–water partition coefficient (Wildman–Crippen LogP) is 1.34. The largest absolute Gasteiger partial charge is 0.411 e. The van der Waals surface area contributed by atoms with Crippen LogP contribution in [-0.4, -0.2) is 58.4 Å². The minimum absolute atomic E-state index is 0.0749. The van der Waals surface area contributed by atoms with E-state index < -0.39 is 12.8 Å². The molecule has 1 aromatic heterocycles. The molecule has 0 bridgehead atoms. The Hall–Kier alpha value is -0.870. The Balaban J connectivity index is 2.14. The highest BCUT2D eigenvalue weighted by Crippen LogP contribution is 2.16. The Kier molecular flexibility index (Phi) is 7.85. The maximum Gasteiger partial charge on any atom is 0.411 e. The Morgan fingerprint density at radius 2 is 2.20 bits per heavy atom. The Morgan fingerprint density at radius 1 is 1.40 bits per heavy atom. The molecule has 20 heavy (non-hydrogen) atoms. The summed E-state index contributed by atoms with van der Waals surface area (Å²) in [7, 11) is 0. The lowest BCUT2D eigenvalue weighted by Crippen LogP contribution is -2.20. The summed E-state index contributed by atoms with van der Waals surface area (Å²) in [5, 5.41) is 15.1. The van der Waals surface area contributed by atoms with Crippen molar-refractivity contribution >= 4 is 11.8 Å². The van der Waals surface area contributed by atoms with Crippen molar-refractivity contribution in [3.05, 3.63) is 0 Å². The zero-order valence-electron chi connectivity index (χ0n) is 11.2. The molecule has 1 N–H and O–H groups in total. The minimum Gasteiger partial charge on any atom is -0.372 e. The van der Waals surface area contributed by atoms with Crippen LogP contribution in [0.2, 0.25) is 0 Å². The summed E-state index contributed by atoms with van der Waals surface area (Å²) in [6.07, 6.45) is -3.75. The lowest BCUT2D eigenvalue weighted by atomic mass is 10.5. The van der Waals surface area contributed by atoms with Crippen molar-refractivity contribution < 1.29 is 17.9 Å². The molecule has 1 heterocycles. The maximum atomic E-state index is 11.8. The van der Waals surface area contributed by atoms with E-state index >= 15 is 0 Å². The van der Waals surface area contributed by atoms with Gasteiger partial charge in [-0.05, 0) is 23.4 Å². The fourth-order valence-electron chi connectivity index (χ4n) is 1.31. The van der Waals surface area contributed by atoms with E-state index in [-0.39, 0.29) is 6.61 Å². The second kappa shape index (κ2) is 9.14. The predicted molar refractivity (Wildman–Crippen MR) is 68.6 cm³/mol. The van der Waals surface area contributed by atoms with E-state index in [9.17, 15) is 13.2 Å². The van der Waals surface area contributed by atoms with E-state index in [0.29, 0.717) is 23.9 Å². The minimum atomic E-state index is -4.26. The molecule has 1 rings (SSSR count). The highest BCUT2D eigenvalue weighted by molar-refractivity contribution is 7.99. The van der Waals surface area contributed by atoms with E-state index in [2.05, 4.69) is 25.6 Å². The van der Waals surface area contributed by atoms with E-state index in [4.69, 9.17) is 0 Å². The number of alkyl halides is 3. The second-order valence-electron chi connectivity index (χ2n) is 3.91. The molecule has 0 unspecified atom stereocenters. The fraction of sp³-hybridized carbons (Fsp3) is 0.900. The first-order valence-corrected chi connectivity index (χ1v) is 7.25. The van der Waals surface area contributed by atoms with Crippen LogP contribution in [0.4, 0.5) is 13.2 Å². The average molecular weight is 313 g/mol. The molecule has 6 nitrogen and oxygen atoms in total. The third kappa shape index (κ3) is 7.65. The van der Waals surface area contributed by atoms with Crippen LogP contribution in [0.5, 0.6) is 0 Å². The number of thioether (sulfide) groups is 1. The number of hydrogen-bond acceptors (Lipinski definition) is 6. The molecule has 0 atom stereocenters. The third-order valence-electron chi connectivity index (χ3n) is 2.18. The van der Waals surface area contributed by atoms with Gasteiger partial charge in [0.15, 0.2) is 0 Å². The molecule has 0 aliphatic carbocycles. The van der Waals surface area contributed by atoms with Gasteiger partial charge in [-0.15, -0.1) is 5.10 Å². The van der Waals surface area contributed by atoms with Gasteiger partial charge in [-0.2, -0.15) is 13.2 Å². The normalized spacial score (nSPS) is 12.0. The molecule has 0 aliphatic rings. The highest BCUT2D eigenvalue weighted by Gasteiger charge is 2.27. The summed E-state index contributed by atoms with van der Waals surface area (Å²) in [6.45, 7) is 3.19. The SMILES string of the molecule is CCNCCn1nnnc1SCCCOCC(F)(F)F. The number of halogens is 3. The Morgan fingerprint density at radius 3 is 2.90 bits per heavy atom. The number of nitrogens with zero attached hydrogens (tertiary/aromatic N) is 4. The lowest BCUT2D eigenvalue weighted by molar-refractivity contribution is -0.173. The van der Waals surface area contributed by atoms with Crippen LogP contribution in [-0.2, 0) is 11.3 Å². The van der Waals surface area contributed by atoms with E-state index in [1.54, 1.807) is 4.68 Å². The monoisotopic (exact) mass is 313 g/mol. The van der Waals surface area contributed by atoms with Gasteiger partial charge in [-0.25, -0.2) is 4.68 Å². The van der Waals surface area contributed by atoms with Crippen molar-refractivity contribution in [3.8, 4) is 0 Å². The smallest absolute Gasteiger partial charge is 0.372 e. The molecular formula is C10H18F3N5OS. The molecular weight excluding hydrogens is 295 g/mol. The average Bonchev–Trinajstić information content (AvgIpc) is 2.80. The van der Waals surface area contributed by atoms with Crippen molar-refractivity contribution in [2.45, 2.75) is 31.2 Å². The molecule has 1 aromatic rings. The third-order valence-corrected chi connectivity index (χ3v) is 3.22. The first kappa shape index (κ1) is 17.2. The number of aromatic nitrogens is 4. The van der Waals surface area contributed by atoms with Crippen LogP contribution in [0.1, 0.15) is 13.3 Å². The quantitative estimate of drug-likeness (QED) is 0.519. The zero-order chi connectivity index (χ0) is 14.8. The number of ether oxygens (including phenoxy) is 1. The molecule has 0 radical (unpaired) electrons. The summed E-state index contributed by atoms with van der Waals surface area (Å²) in [4.78, 5) is 0. The molecule has 0 aliphatic heterocycles. The number of likely N-dealkylation sites (N-methyl/N-ethyl adjacent to an activating group) is 1. The van der Waals surface area contributed by atoms with Crippen LogP contribution in [0, 0.1) is 0 Å². The maximum absolute atomic E-state index is 11.8. The number of hydrogen-bond donors (Lipinski definition) is 1. The molecule has 10 heteroatoms. The second-order valence-corrected chi connectivity index (χ2v) is 4.97. The van der Waals surface area contributed by atoms with Gasteiger partial charge in [0.05, 0.1) is 6.54 Å². The molecule has 0 saturated carbocycles. The van der Waals surface area contributed by atoms with Crippen molar-refractivity contribution in [1.29, 1.82) is 0 Å². The van der Waals surface area contributed by atoms with Gasteiger partial charge in [0.1, 0.15) is 6.61 Å². The number of tetrazole rings is 1. The first-order valence-electron chi connectivity index (χ1n) is 6.27. The van der Waals surface area contributed by atoms with E-state index in [1.165, 1.54) is 11.8 Å². The molecule has 0 saturated heterocycles. The topological polar surface area (TPSA) is 64.9 Å². The van der Waals surface area contributed by atoms with Crippen molar-refractivity contribution in [1.82, 2.24) is 25.5 Å². The molecule has 0 fully saturated rings. The lowest BCUT2D eigenvalue weighted by Gasteiger charge is -2.07. The van der Waals surface area contributed by atoms with E-state index in [0.717, 1.165) is 13.1 Å². The summed E-state index contributed by atoms with van der Waals surface area (Å²) >= 11 is 1.41. The van der Waals surface area contributed by atoms with Gasteiger partial charge in [-0.3, -0.25) is 0 Å². The summed E-state index contributed by atoms with van der Waals surface area (Å²) < 4.78 is 41.7. The van der Waals surface area contributed by atoms with Gasteiger partial charge < -0.3 is 10.1 Å². The number of nitrogens with one attached hydrogen (secondary N) is 1. The highest BCUT2D eigenvalue weighted by atomic mass is 32.2. The van der Waals surface area contributed by atoms with Crippen molar-refractivity contribution in [2.75, 3.05) is 32.1 Å². The van der Waals surface area contributed by atoms with Crippen LogP contribution >= 0.6 is 11.8 Å². The van der Waals surface area contributed by atoms with Gasteiger partial charge >= 0.3 is 6.18 Å². The molecule has 116 valence electrons. The fourth-order valence-corrected chi connectivity index (χ4v) is 2.13. The number of rotatable bonds is 10. The van der Waals surface area contributed by atoms with Crippen LogP contribution in [0.3, 0.4) is 0 Å². The standard InChI is InChI=1S/C10H18F3N5OS/c1-2-14-4-5-18-9(15-16-17-18)20-7-3-6-19-8-10(11,12)13/h14H,2-8H2,1H3. The Bertz CT molecular complexity index is 374. The first-order chi connectivity index (χ1) is 9.53. The Labute approximate surface area is 119 Å². The molecule has 0 amide bonds. The van der Waals surface area contributed by atoms with E-state index in [1.807, 2.05) is 6.92 Å². The van der Waals surface area contributed by atoms with Crippen LogP contribution < -0.4 is 5.32 Å². The summed E-state index contributed by atoms with van der Waals surface area (Å²) in [5.41, 5.74) is 0. The molecule has 0 spiro atoms. The van der Waals surface area contributed by atoms with Crippen LogP contribution in [0.15, 0.2) is 5.16 Å². The van der Waals surface area contributed by atoms with Gasteiger partial charge in [0.25, 0.3) is 0 Å². The molecule has 0 aromatic carbocycles. The van der Waals surface area contributed by atoms with Crippen molar-refractivity contribution in [2.24, 2.45) is 0 Å². The summed E-state index contributed by atoms with van der Waals surface area (Å²) in [5.74, 6) is 0.611.